The van der Waals surface area contributed by atoms with E-state index in [-0.39, 0.29) is 19.9 Å². The molecule has 2 aliphatic rings. The first kappa shape index (κ1) is 19.5. The largest absolute Gasteiger partial charge is 0.549 e. The Morgan fingerprint density at radius 1 is 1.10 bits per heavy atom. The lowest BCUT2D eigenvalue weighted by molar-refractivity contribution is -0.301. The topological polar surface area (TPSA) is 96.0 Å². The lowest BCUT2D eigenvalue weighted by Gasteiger charge is -2.26. The van der Waals surface area contributed by atoms with Gasteiger partial charge in [-0.25, -0.2) is 8.42 Å². The van der Waals surface area contributed by atoms with Gasteiger partial charge in [0.2, 0.25) is 16.8 Å². The molecule has 0 fully saturated rings. The number of rotatable bonds is 5. The van der Waals surface area contributed by atoms with Gasteiger partial charge in [-0.3, -0.25) is 0 Å². The minimum Gasteiger partial charge on any atom is -0.549 e. The molecule has 0 saturated carbocycles. The van der Waals surface area contributed by atoms with Crippen molar-refractivity contribution in [2.45, 2.75) is 13.3 Å². The third-order valence-electron chi connectivity index (χ3n) is 5.15. The third kappa shape index (κ3) is 3.99. The molecule has 7 nitrogen and oxygen atoms in total. The number of ether oxygens (including phenoxy) is 2. The molecule has 29 heavy (non-hydrogen) atoms. The number of carboxylic acids is 1. The maximum Gasteiger partial charge on any atom is 0.231 e. The Morgan fingerprint density at radius 2 is 1.86 bits per heavy atom. The molecule has 0 spiro atoms. The molecule has 0 atom stereocenters. The fraction of sp³-hybridized carbons (Fsp3) is 0.286. The zero-order valence-electron chi connectivity index (χ0n) is 15.9. The summed E-state index contributed by atoms with van der Waals surface area (Å²) in [5.74, 6) is -1.10. The molecule has 2 aromatic rings. The third-order valence-corrected chi connectivity index (χ3v) is 6.87. The number of aryl methyl sites for hydroxylation is 1. The monoisotopic (exact) mass is 414 g/mol. The van der Waals surface area contributed by atoms with Crippen LogP contribution < -0.4 is 14.6 Å². The van der Waals surface area contributed by atoms with Crippen molar-refractivity contribution in [1.82, 2.24) is 4.31 Å². The number of carbonyl (C=O) groups excluding carboxylic acids is 1. The van der Waals surface area contributed by atoms with Gasteiger partial charge in [-0.15, -0.1) is 0 Å². The Balaban J connectivity index is 1.54. The van der Waals surface area contributed by atoms with Crippen LogP contribution in [0.1, 0.15) is 17.5 Å². The molecular formula is C21H20NO6S-. The summed E-state index contributed by atoms with van der Waals surface area (Å²) in [6.07, 6.45) is 2.36. The average Bonchev–Trinajstić information content (AvgIpc) is 3.15. The van der Waals surface area contributed by atoms with Crippen LogP contribution in [-0.2, 0) is 14.8 Å². The number of hydrogen-bond acceptors (Lipinski definition) is 6. The molecule has 2 aromatic carbocycles. The predicted octanol–water partition coefficient (Wildman–Crippen LogP) is 1.56. The van der Waals surface area contributed by atoms with Crippen LogP contribution in [0.2, 0.25) is 0 Å². The van der Waals surface area contributed by atoms with Crippen molar-refractivity contribution in [2.75, 3.05) is 25.6 Å². The van der Waals surface area contributed by atoms with Crippen LogP contribution in [0.15, 0.2) is 42.5 Å². The van der Waals surface area contributed by atoms with E-state index in [0.717, 1.165) is 39.3 Å². The van der Waals surface area contributed by atoms with E-state index in [1.807, 2.05) is 43.3 Å². The first-order chi connectivity index (χ1) is 13.8. The Bertz CT molecular complexity index is 1110. The summed E-state index contributed by atoms with van der Waals surface area (Å²) < 4.78 is 36.1. The van der Waals surface area contributed by atoms with Crippen molar-refractivity contribution in [3.8, 4) is 22.6 Å². The summed E-state index contributed by atoms with van der Waals surface area (Å²) in [4.78, 5) is 10.6. The second-order valence-electron chi connectivity index (χ2n) is 7.06. The van der Waals surface area contributed by atoms with Crippen molar-refractivity contribution in [2.24, 2.45) is 0 Å². The molecular weight excluding hydrogens is 394 g/mol. The number of benzene rings is 2. The molecule has 4 rings (SSSR count). The highest BCUT2D eigenvalue weighted by Crippen LogP contribution is 2.37. The van der Waals surface area contributed by atoms with Gasteiger partial charge in [0.25, 0.3) is 0 Å². The fourth-order valence-electron chi connectivity index (χ4n) is 3.66. The van der Waals surface area contributed by atoms with Gasteiger partial charge < -0.3 is 19.4 Å². The number of aliphatic carboxylic acids is 1. The molecule has 2 aliphatic heterocycles. The number of carboxylic acid groups (broad SMARTS) is 1. The minimum atomic E-state index is -3.84. The summed E-state index contributed by atoms with van der Waals surface area (Å²) in [6, 6.07) is 12.0. The number of nitrogens with zero attached hydrogens (tertiary/aromatic N) is 1. The van der Waals surface area contributed by atoms with Crippen molar-refractivity contribution in [3.05, 3.63) is 53.6 Å². The van der Waals surface area contributed by atoms with Crippen LogP contribution in [-0.4, -0.2) is 44.3 Å². The van der Waals surface area contributed by atoms with E-state index in [1.165, 1.54) is 4.31 Å². The number of fused-ring (bicyclic) bond motifs is 1. The predicted molar refractivity (Wildman–Crippen MR) is 106 cm³/mol. The highest BCUT2D eigenvalue weighted by Gasteiger charge is 2.24. The van der Waals surface area contributed by atoms with Crippen LogP contribution >= 0.6 is 0 Å². The van der Waals surface area contributed by atoms with Gasteiger partial charge in [-0.2, -0.15) is 4.31 Å². The number of carbonyl (C=O) groups is 1. The van der Waals surface area contributed by atoms with Crippen LogP contribution in [0.4, 0.5) is 0 Å². The lowest BCUT2D eigenvalue weighted by Crippen LogP contribution is -2.41. The Kier molecular flexibility index (Phi) is 5.06. The molecule has 0 saturated heterocycles. The standard InChI is InChI=1S/C21H21NO6S/c1-14-10-16(15-6-8-22(9-7-15)29(25,26)12-21(23)24)2-4-18(14)17-3-5-19-20(11-17)28-13-27-19/h2-6,10-11H,7-9,12-13H2,1H3,(H,23,24)/p-1. The van der Waals surface area contributed by atoms with E-state index in [4.69, 9.17) is 9.47 Å². The quantitative estimate of drug-likeness (QED) is 0.737. The number of hydrogen-bond donors (Lipinski definition) is 0. The molecule has 0 bridgehead atoms. The fourth-order valence-corrected chi connectivity index (χ4v) is 4.81. The van der Waals surface area contributed by atoms with E-state index in [1.54, 1.807) is 0 Å². The van der Waals surface area contributed by atoms with Gasteiger partial charge >= 0.3 is 0 Å². The van der Waals surface area contributed by atoms with Crippen molar-refractivity contribution < 1.29 is 27.8 Å². The van der Waals surface area contributed by atoms with Crippen LogP contribution in [0.3, 0.4) is 0 Å². The first-order valence-corrected chi connectivity index (χ1v) is 10.8. The Hall–Kier alpha value is -2.84. The van der Waals surface area contributed by atoms with Crippen molar-refractivity contribution >= 4 is 21.6 Å². The molecule has 0 amide bonds. The number of sulfonamides is 1. The normalized spacial score (nSPS) is 16.5. The smallest absolute Gasteiger partial charge is 0.231 e. The van der Waals surface area contributed by atoms with Crippen molar-refractivity contribution in [1.29, 1.82) is 0 Å². The van der Waals surface area contributed by atoms with Crippen LogP contribution in [0, 0.1) is 6.92 Å². The van der Waals surface area contributed by atoms with Crippen LogP contribution in [0.25, 0.3) is 16.7 Å². The van der Waals surface area contributed by atoms with Gasteiger partial charge in [-0.05, 0) is 53.3 Å². The van der Waals surface area contributed by atoms with E-state index >= 15 is 0 Å². The molecule has 0 N–H and O–H groups in total. The van der Waals surface area contributed by atoms with Gasteiger partial charge in [0, 0.05) is 13.1 Å². The van der Waals surface area contributed by atoms with E-state index in [2.05, 4.69) is 6.07 Å². The molecule has 0 aromatic heterocycles. The summed E-state index contributed by atoms with van der Waals surface area (Å²) in [5.41, 5.74) is 5.29. The second-order valence-corrected chi connectivity index (χ2v) is 9.03. The summed E-state index contributed by atoms with van der Waals surface area (Å²) in [5, 5.41) is 10.6. The maximum absolute atomic E-state index is 12.0. The maximum atomic E-state index is 12.0. The summed E-state index contributed by atoms with van der Waals surface area (Å²) >= 11 is 0. The molecule has 8 heteroatoms. The van der Waals surface area contributed by atoms with E-state index in [9.17, 15) is 18.3 Å². The molecule has 0 unspecified atom stereocenters. The summed E-state index contributed by atoms with van der Waals surface area (Å²) in [6.45, 7) is 2.68. The van der Waals surface area contributed by atoms with Gasteiger partial charge in [-0.1, -0.05) is 30.3 Å². The van der Waals surface area contributed by atoms with Gasteiger partial charge in [0.05, 0.1) is 5.97 Å². The Labute approximate surface area is 169 Å². The SMILES string of the molecule is Cc1cc(C2=CCN(S(=O)(=O)CC(=O)[O-])CC2)ccc1-c1ccc2c(c1)OCO2. The second kappa shape index (κ2) is 7.53. The summed E-state index contributed by atoms with van der Waals surface area (Å²) in [7, 11) is -3.84. The first-order valence-electron chi connectivity index (χ1n) is 9.21. The lowest BCUT2D eigenvalue weighted by atomic mass is 9.93. The van der Waals surface area contributed by atoms with E-state index < -0.39 is 21.7 Å². The average molecular weight is 414 g/mol. The molecule has 0 aliphatic carbocycles. The zero-order valence-corrected chi connectivity index (χ0v) is 16.7. The van der Waals surface area contributed by atoms with Crippen LogP contribution in [0.5, 0.6) is 11.5 Å². The Morgan fingerprint density at radius 3 is 2.55 bits per heavy atom. The van der Waals surface area contributed by atoms with Crippen molar-refractivity contribution in [3.63, 3.8) is 0 Å². The van der Waals surface area contributed by atoms with Gasteiger partial charge in [0.1, 0.15) is 5.75 Å². The molecule has 152 valence electrons. The minimum absolute atomic E-state index is 0.161. The zero-order chi connectivity index (χ0) is 20.6. The highest BCUT2D eigenvalue weighted by atomic mass is 32.2. The molecule has 0 radical (unpaired) electrons. The van der Waals surface area contributed by atoms with E-state index in [0.29, 0.717) is 6.42 Å². The molecule has 2 heterocycles. The van der Waals surface area contributed by atoms with Gasteiger partial charge in [0.15, 0.2) is 11.5 Å². The highest BCUT2D eigenvalue weighted by molar-refractivity contribution is 7.89.